The number of aromatic hydroxyl groups is 1. The van der Waals surface area contributed by atoms with Crippen LogP contribution in [0.4, 0.5) is 5.69 Å². The molecule has 0 saturated carbocycles. The van der Waals surface area contributed by atoms with E-state index in [0.717, 1.165) is 4.68 Å². The van der Waals surface area contributed by atoms with Gasteiger partial charge >= 0.3 is 0 Å². The molecule has 0 aliphatic rings. The molecule has 0 saturated heterocycles. The summed E-state index contributed by atoms with van der Waals surface area (Å²) >= 11 is 0. The Hall–Kier alpha value is -4.35. The van der Waals surface area contributed by atoms with E-state index in [1.807, 2.05) is 0 Å². The molecule has 3 N–H and O–H groups in total. The van der Waals surface area contributed by atoms with Gasteiger partial charge in [0, 0.05) is 12.6 Å². The van der Waals surface area contributed by atoms with Gasteiger partial charge in [-0.3, -0.25) is 9.59 Å². The van der Waals surface area contributed by atoms with E-state index in [1.54, 1.807) is 43.3 Å². The van der Waals surface area contributed by atoms with E-state index >= 15 is 0 Å². The predicted molar refractivity (Wildman–Crippen MR) is 137 cm³/mol. The lowest BCUT2D eigenvalue weighted by molar-refractivity contribution is -0.114. The highest BCUT2D eigenvalue weighted by Gasteiger charge is 2.23. The number of benzene rings is 3. The molecule has 1 atom stereocenters. The molecular formula is C25H23N5O5S. The van der Waals surface area contributed by atoms with Gasteiger partial charge in [-0.25, -0.2) is 18.1 Å². The van der Waals surface area contributed by atoms with Gasteiger partial charge in [0.2, 0.25) is 15.9 Å². The number of hydrogen-bond acceptors (Lipinski definition) is 7. The van der Waals surface area contributed by atoms with Crippen LogP contribution in [0.3, 0.4) is 0 Å². The first-order valence-electron chi connectivity index (χ1n) is 10.9. The van der Waals surface area contributed by atoms with E-state index in [2.05, 4.69) is 20.1 Å². The zero-order valence-corrected chi connectivity index (χ0v) is 20.2. The van der Waals surface area contributed by atoms with Crippen LogP contribution in [0.25, 0.3) is 10.9 Å². The third-order valence-corrected chi connectivity index (χ3v) is 6.76. The number of anilines is 1. The number of rotatable bonds is 7. The van der Waals surface area contributed by atoms with Crippen LogP contribution in [-0.2, 0) is 14.8 Å². The Kier molecular flexibility index (Phi) is 6.95. The topological polar surface area (TPSA) is 143 Å². The summed E-state index contributed by atoms with van der Waals surface area (Å²) in [5, 5.41) is 16.7. The molecule has 36 heavy (non-hydrogen) atoms. The number of nitrogens with one attached hydrogen (secondary N) is 2. The third-order valence-electron chi connectivity index (χ3n) is 5.20. The van der Waals surface area contributed by atoms with Crippen LogP contribution in [0.15, 0.2) is 87.6 Å². The molecule has 1 heterocycles. The smallest absolute Gasteiger partial charge is 0.282 e. The molecule has 3 aromatic carbocycles. The lowest BCUT2D eigenvalue weighted by Crippen LogP contribution is -2.32. The van der Waals surface area contributed by atoms with E-state index in [1.165, 1.54) is 49.5 Å². The molecule has 4 rings (SSSR count). The van der Waals surface area contributed by atoms with Gasteiger partial charge in [-0.1, -0.05) is 12.1 Å². The lowest BCUT2D eigenvalue weighted by Gasteiger charge is -2.17. The second-order valence-electron chi connectivity index (χ2n) is 7.99. The molecule has 0 bridgehead atoms. The van der Waals surface area contributed by atoms with Crippen molar-refractivity contribution < 1.29 is 18.3 Å². The van der Waals surface area contributed by atoms with Crippen LogP contribution in [-0.4, -0.2) is 35.3 Å². The largest absolute Gasteiger partial charge is 0.508 e. The summed E-state index contributed by atoms with van der Waals surface area (Å²) < 4.78 is 29.7. The Morgan fingerprint density at radius 3 is 2.39 bits per heavy atom. The zero-order valence-electron chi connectivity index (χ0n) is 19.4. The van der Waals surface area contributed by atoms with Crippen molar-refractivity contribution in [1.82, 2.24) is 14.4 Å². The van der Waals surface area contributed by atoms with Gasteiger partial charge in [0.05, 0.1) is 28.1 Å². The maximum Gasteiger partial charge on any atom is 0.282 e. The number of aromatic nitrogens is 2. The van der Waals surface area contributed by atoms with Gasteiger partial charge in [0.15, 0.2) is 5.82 Å². The normalized spacial score (nSPS) is 12.6. The Balaban J connectivity index is 1.71. The Bertz CT molecular complexity index is 1610. The van der Waals surface area contributed by atoms with Gasteiger partial charge in [-0.05, 0) is 73.2 Å². The predicted octanol–water partition coefficient (Wildman–Crippen LogP) is 2.98. The van der Waals surface area contributed by atoms with Crippen LogP contribution in [0.1, 0.15) is 31.3 Å². The maximum absolute atomic E-state index is 13.2. The highest BCUT2D eigenvalue weighted by molar-refractivity contribution is 7.89. The summed E-state index contributed by atoms with van der Waals surface area (Å²) in [6.07, 6.45) is 1.42. The molecule has 11 heteroatoms. The molecule has 0 radical (unpaired) electrons. The summed E-state index contributed by atoms with van der Waals surface area (Å²) in [6, 6.07) is 17.7. The summed E-state index contributed by atoms with van der Waals surface area (Å²) in [5.41, 5.74) is 1.02. The molecule has 0 fully saturated rings. The fourth-order valence-corrected chi connectivity index (χ4v) is 4.69. The SMILES string of the molecule is CC(=O)Nc1ccc(S(=O)(=O)NC(C)c2nc3ccccc3c(=O)n2/N=C/c2ccc(O)cc2)cc1. The van der Waals surface area contributed by atoms with E-state index < -0.39 is 21.6 Å². The molecule has 1 unspecified atom stereocenters. The van der Waals surface area contributed by atoms with Crippen molar-refractivity contribution >= 4 is 38.7 Å². The highest BCUT2D eigenvalue weighted by atomic mass is 32.2. The van der Waals surface area contributed by atoms with Crippen LogP contribution < -0.4 is 15.6 Å². The first-order chi connectivity index (χ1) is 17.1. The van der Waals surface area contributed by atoms with Crippen molar-refractivity contribution in [2.45, 2.75) is 24.8 Å². The van der Waals surface area contributed by atoms with E-state index in [0.29, 0.717) is 22.2 Å². The summed E-state index contributed by atoms with van der Waals surface area (Å²) in [5.74, 6) is -0.0942. The number of para-hydroxylation sites is 1. The monoisotopic (exact) mass is 505 g/mol. The minimum absolute atomic E-state index is 0.0225. The molecule has 10 nitrogen and oxygen atoms in total. The Morgan fingerprint density at radius 2 is 1.72 bits per heavy atom. The van der Waals surface area contributed by atoms with Crippen LogP contribution in [0.2, 0.25) is 0 Å². The van der Waals surface area contributed by atoms with Gasteiger partial charge in [-0.15, -0.1) is 0 Å². The maximum atomic E-state index is 13.2. The van der Waals surface area contributed by atoms with Crippen molar-refractivity contribution in [3.63, 3.8) is 0 Å². The molecule has 0 spiro atoms. The number of phenolic OH excluding ortho intramolecular Hbond substituents is 1. The van der Waals surface area contributed by atoms with Gasteiger partial charge in [0.1, 0.15) is 5.75 Å². The fourth-order valence-electron chi connectivity index (χ4n) is 3.49. The number of nitrogens with zero attached hydrogens (tertiary/aromatic N) is 3. The van der Waals surface area contributed by atoms with Crippen molar-refractivity contribution in [3.05, 3.63) is 94.5 Å². The lowest BCUT2D eigenvalue weighted by atomic mass is 10.2. The van der Waals surface area contributed by atoms with E-state index in [9.17, 15) is 23.1 Å². The standard InChI is InChI=1S/C25H23N5O5S/c1-16(29-36(34,35)21-13-9-19(10-14-21)27-17(2)31)24-28-23-6-4-3-5-22(23)25(33)30(24)26-15-18-7-11-20(32)12-8-18/h3-16,29,32H,1-2H3,(H,27,31)/b26-15+. The van der Waals surface area contributed by atoms with E-state index in [-0.39, 0.29) is 22.4 Å². The molecule has 0 aliphatic carbocycles. The molecule has 184 valence electrons. The molecular weight excluding hydrogens is 482 g/mol. The van der Waals surface area contributed by atoms with Crippen molar-refractivity contribution in [2.75, 3.05) is 5.32 Å². The number of amides is 1. The molecule has 4 aromatic rings. The first kappa shape index (κ1) is 24.8. The molecule has 0 aliphatic heterocycles. The van der Waals surface area contributed by atoms with Crippen molar-refractivity contribution in [2.24, 2.45) is 5.10 Å². The first-order valence-corrected chi connectivity index (χ1v) is 12.4. The zero-order chi connectivity index (χ0) is 25.9. The average Bonchev–Trinajstić information content (AvgIpc) is 2.84. The number of hydrogen-bond donors (Lipinski definition) is 3. The van der Waals surface area contributed by atoms with Gasteiger partial charge in [0.25, 0.3) is 5.56 Å². The Morgan fingerprint density at radius 1 is 1.06 bits per heavy atom. The number of carbonyl (C=O) groups is 1. The van der Waals surface area contributed by atoms with Crippen LogP contribution >= 0.6 is 0 Å². The summed E-state index contributed by atoms with van der Waals surface area (Å²) in [6.45, 7) is 2.92. The summed E-state index contributed by atoms with van der Waals surface area (Å²) in [7, 11) is -4.01. The van der Waals surface area contributed by atoms with Gasteiger partial charge < -0.3 is 10.4 Å². The van der Waals surface area contributed by atoms with E-state index in [4.69, 9.17) is 0 Å². The third kappa shape index (κ3) is 5.48. The number of carbonyl (C=O) groups excluding carboxylic acids is 1. The second-order valence-corrected chi connectivity index (χ2v) is 9.70. The quantitative estimate of drug-likeness (QED) is 0.330. The number of fused-ring (bicyclic) bond motifs is 1. The second kappa shape index (κ2) is 10.1. The van der Waals surface area contributed by atoms with Crippen LogP contribution in [0.5, 0.6) is 5.75 Å². The minimum atomic E-state index is -4.01. The van der Waals surface area contributed by atoms with Gasteiger partial charge in [-0.2, -0.15) is 9.78 Å². The Labute approximate surface area is 207 Å². The molecule has 1 amide bonds. The minimum Gasteiger partial charge on any atom is -0.508 e. The number of phenols is 1. The molecule has 1 aromatic heterocycles. The number of sulfonamides is 1. The van der Waals surface area contributed by atoms with Crippen molar-refractivity contribution in [1.29, 1.82) is 0 Å². The fraction of sp³-hybridized carbons (Fsp3) is 0.120. The summed E-state index contributed by atoms with van der Waals surface area (Å²) in [4.78, 5) is 29.0. The van der Waals surface area contributed by atoms with Crippen molar-refractivity contribution in [3.8, 4) is 5.75 Å². The average molecular weight is 506 g/mol. The highest BCUT2D eigenvalue weighted by Crippen LogP contribution is 2.19. The van der Waals surface area contributed by atoms with Crippen LogP contribution in [0, 0.1) is 0 Å².